The van der Waals surface area contributed by atoms with Gasteiger partial charge < -0.3 is 15.7 Å². The number of hydrogen-bond donors (Lipinski definition) is 3. The van der Waals surface area contributed by atoms with Crippen molar-refractivity contribution in [3.63, 3.8) is 0 Å². The molecule has 6 heteroatoms. The molecule has 4 fully saturated rings. The quantitative estimate of drug-likeness (QED) is 0.624. The summed E-state index contributed by atoms with van der Waals surface area (Å²) in [7, 11) is 0. The van der Waals surface area contributed by atoms with Gasteiger partial charge in [-0.3, -0.25) is 14.5 Å². The lowest BCUT2D eigenvalue weighted by Gasteiger charge is -2.49. The molecule has 0 aromatic heterocycles. The van der Waals surface area contributed by atoms with Gasteiger partial charge in [-0.1, -0.05) is 44.2 Å². The number of carbonyl (C=O) groups excluding carboxylic acids is 1. The molecule has 158 valence electrons. The van der Waals surface area contributed by atoms with Crippen molar-refractivity contribution in [2.24, 2.45) is 23.7 Å². The number of likely N-dealkylation sites (tertiary alicyclic amines) is 1. The van der Waals surface area contributed by atoms with Crippen LogP contribution < -0.4 is 10.6 Å². The summed E-state index contributed by atoms with van der Waals surface area (Å²) in [5.41, 5.74) is 1.11. The lowest BCUT2D eigenvalue weighted by atomic mass is 9.65. The van der Waals surface area contributed by atoms with E-state index in [-0.39, 0.29) is 18.4 Å². The van der Waals surface area contributed by atoms with Crippen LogP contribution in [0.15, 0.2) is 30.3 Å². The van der Waals surface area contributed by atoms with E-state index in [9.17, 15) is 14.7 Å². The van der Waals surface area contributed by atoms with Gasteiger partial charge >= 0.3 is 5.97 Å². The minimum atomic E-state index is -0.728. The second-order valence-corrected chi connectivity index (χ2v) is 9.40. The Labute approximate surface area is 173 Å². The van der Waals surface area contributed by atoms with E-state index in [0.717, 1.165) is 25.1 Å². The van der Waals surface area contributed by atoms with Crippen LogP contribution in [0.5, 0.6) is 0 Å². The van der Waals surface area contributed by atoms with E-state index in [1.807, 2.05) is 30.3 Å². The minimum absolute atomic E-state index is 0.101. The lowest BCUT2D eigenvalue weighted by molar-refractivity contribution is -0.137. The second kappa shape index (κ2) is 8.44. The molecule has 0 spiro atoms. The van der Waals surface area contributed by atoms with Gasteiger partial charge in [0.2, 0.25) is 5.91 Å². The highest BCUT2D eigenvalue weighted by Gasteiger charge is 2.61. The zero-order chi connectivity index (χ0) is 20.5. The molecule has 6 atom stereocenters. The van der Waals surface area contributed by atoms with Crippen molar-refractivity contribution in [3.05, 3.63) is 35.9 Å². The number of fused-ring (bicyclic) bond motifs is 1. The fraction of sp³-hybridized carbons (Fsp3) is 0.652. The third kappa shape index (κ3) is 4.05. The molecule has 3 N–H and O–H groups in total. The van der Waals surface area contributed by atoms with Gasteiger partial charge in [-0.15, -0.1) is 0 Å². The number of piperidine rings is 2. The highest BCUT2D eigenvalue weighted by Crippen LogP contribution is 2.51. The highest BCUT2D eigenvalue weighted by molar-refractivity contribution is 5.83. The number of hydrogen-bond acceptors (Lipinski definition) is 4. The van der Waals surface area contributed by atoms with Crippen LogP contribution in [0.4, 0.5) is 0 Å². The molecule has 29 heavy (non-hydrogen) atoms. The summed E-state index contributed by atoms with van der Waals surface area (Å²) in [6, 6.07) is 10.6. The Morgan fingerprint density at radius 3 is 2.69 bits per heavy atom. The fourth-order valence-corrected chi connectivity index (χ4v) is 6.09. The van der Waals surface area contributed by atoms with Crippen LogP contribution in [-0.2, 0) is 16.1 Å². The van der Waals surface area contributed by atoms with Crippen LogP contribution in [-0.4, -0.2) is 53.1 Å². The Balaban J connectivity index is 1.53. The first-order chi connectivity index (χ1) is 14.0. The van der Waals surface area contributed by atoms with Gasteiger partial charge in [-0.05, 0) is 42.1 Å². The Kier molecular flexibility index (Phi) is 5.93. The van der Waals surface area contributed by atoms with Crippen LogP contribution >= 0.6 is 0 Å². The monoisotopic (exact) mass is 399 g/mol. The zero-order valence-electron chi connectivity index (χ0n) is 17.4. The molecular formula is C23H33N3O3. The number of amides is 1. The molecule has 5 rings (SSSR count). The number of carboxylic acids is 1. The molecule has 4 bridgehead atoms. The SMILES string of the molecule is CC(C)CN1C(C(=O)NCc2ccccc2)C2CC3NCC2C1C3CCC(=O)O. The van der Waals surface area contributed by atoms with Gasteiger partial charge in [0, 0.05) is 38.1 Å². The molecule has 6 unspecified atom stereocenters. The van der Waals surface area contributed by atoms with Crippen molar-refractivity contribution in [3.8, 4) is 0 Å². The molecule has 1 aliphatic carbocycles. The van der Waals surface area contributed by atoms with Gasteiger partial charge in [0.25, 0.3) is 0 Å². The summed E-state index contributed by atoms with van der Waals surface area (Å²) in [6.07, 6.45) is 1.87. The van der Waals surface area contributed by atoms with Crippen molar-refractivity contribution in [2.45, 2.75) is 57.8 Å². The van der Waals surface area contributed by atoms with E-state index in [4.69, 9.17) is 0 Å². The zero-order valence-corrected chi connectivity index (χ0v) is 17.4. The predicted octanol–water partition coefficient (Wildman–Crippen LogP) is 2.10. The number of carboxylic acid groups (broad SMARTS) is 1. The van der Waals surface area contributed by atoms with Crippen LogP contribution in [0.1, 0.15) is 38.7 Å². The average molecular weight is 400 g/mol. The van der Waals surface area contributed by atoms with E-state index < -0.39 is 5.97 Å². The standard InChI is InChI=1S/C23H33N3O3/c1-14(2)13-26-21-16(8-9-20(27)28)19-10-17(18(21)12-24-19)22(26)23(29)25-11-15-6-4-3-5-7-15/h3-7,14,16-19,21-22,24H,8-13H2,1-2H3,(H,25,29)(H,27,28). The molecule has 1 aromatic carbocycles. The second-order valence-electron chi connectivity index (χ2n) is 9.40. The number of rotatable bonds is 8. The molecule has 3 heterocycles. The summed E-state index contributed by atoms with van der Waals surface area (Å²) >= 11 is 0. The normalized spacial score (nSPS) is 33.2. The molecule has 3 aliphatic heterocycles. The van der Waals surface area contributed by atoms with E-state index in [2.05, 4.69) is 29.4 Å². The van der Waals surface area contributed by atoms with Gasteiger partial charge in [-0.2, -0.15) is 0 Å². The summed E-state index contributed by atoms with van der Waals surface area (Å²) in [4.78, 5) is 27.0. The van der Waals surface area contributed by atoms with Crippen molar-refractivity contribution in [1.82, 2.24) is 15.5 Å². The van der Waals surface area contributed by atoms with E-state index >= 15 is 0 Å². The average Bonchev–Trinajstić information content (AvgIpc) is 2.95. The number of carbonyl (C=O) groups is 2. The van der Waals surface area contributed by atoms with Crippen LogP contribution in [0.2, 0.25) is 0 Å². The first-order valence-electron chi connectivity index (χ1n) is 11.0. The largest absolute Gasteiger partial charge is 0.481 e. The van der Waals surface area contributed by atoms with Gasteiger partial charge in [0.05, 0.1) is 6.04 Å². The molecule has 6 nitrogen and oxygen atoms in total. The lowest BCUT2D eigenvalue weighted by Crippen LogP contribution is -2.60. The van der Waals surface area contributed by atoms with Crippen molar-refractivity contribution >= 4 is 11.9 Å². The third-order valence-corrected chi connectivity index (χ3v) is 7.08. The van der Waals surface area contributed by atoms with Crippen LogP contribution in [0.25, 0.3) is 0 Å². The Bertz CT molecular complexity index is 738. The van der Waals surface area contributed by atoms with Crippen LogP contribution in [0, 0.1) is 23.7 Å². The number of benzene rings is 1. The van der Waals surface area contributed by atoms with Crippen LogP contribution in [0.3, 0.4) is 0 Å². The molecule has 3 saturated heterocycles. The number of nitrogens with one attached hydrogen (secondary N) is 2. The van der Waals surface area contributed by atoms with E-state index in [1.165, 1.54) is 0 Å². The summed E-state index contributed by atoms with van der Waals surface area (Å²) in [5.74, 6) is 0.976. The maximum Gasteiger partial charge on any atom is 0.303 e. The molecule has 4 aliphatic rings. The van der Waals surface area contributed by atoms with Crippen molar-refractivity contribution < 1.29 is 14.7 Å². The fourth-order valence-electron chi connectivity index (χ4n) is 6.09. The highest BCUT2D eigenvalue weighted by atomic mass is 16.4. The number of aliphatic carboxylic acids is 1. The van der Waals surface area contributed by atoms with Gasteiger partial charge in [0.1, 0.15) is 0 Å². The molecule has 1 aromatic rings. The first kappa shape index (κ1) is 20.4. The Hall–Kier alpha value is -1.92. The van der Waals surface area contributed by atoms with Gasteiger partial charge in [0.15, 0.2) is 0 Å². The third-order valence-electron chi connectivity index (χ3n) is 7.08. The summed E-state index contributed by atoms with van der Waals surface area (Å²) < 4.78 is 0. The first-order valence-corrected chi connectivity index (χ1v) is 11.0. The maximum atomic E-state index is 13.3. The topological polar surface area (TPSA) is 81.7 Å². The molecule has 1 amide bonds. The Morgan fingerprint density at radius 2 is 2.00 bits per heavy atom. The molecular weight excluding hydrogens is 366 g/mol. The Morgan fingerprint density at radius 1 is 1.24 bits per heavy atom. The van der Waals surface area contributed by atoms with Crippen molar-refractivity contribution in [2.75, 3.05) is 13.1 Å². The smallest absolute Gasteiger partial charge is 0.303 e. The van der Waals surface area contributed by atoms with Crippen molar-refractivity contribution in [1.29, 1.82) is 0 Å². The predicted molar refractivity (Wildman–Crippen MR) is 111 cm³/mol. The molecule has 1 saturated carbocycles. The minimum Gasteiger partial charge on any atom is -0.481 e. The van der Waals surface area contributed by atoms with E-state index in [1.54, 1.807) is 0 Å². The number of nitrogens with zero attached hydrogens (tertiary/aromatic N) is 1. The van der Waals surface area contributed by atoms with Gasteiger partial charge in [-0.25, -0.2) is 0 Å². The van der Waals surface area contributed by atoms with E-state index in [0.29, 0.717) is 48.7 Å². The summed E-state index contributed by atoms with van der Waals surface area (Å²) in [5, 5.41) is 16.0. The summed E-state index contributed by atoms with van der Waals surface area (Å²) in [6.45, 7) is 6.78. The maximum absolute atomic E-state index is 13.3. The molecule has 0 radical (unpaired) electrons.